The second-order valence-electron chi connectivity index (χ2n) is 4.55. The van der Waals surface area contributed by atoms with Gasteiger partial charge in [0.2, 0.25) is 0 Å². The van der Waals surface area contributed by atoms with Gasteiger partial charge in [-0.25, -0.2) is 0 Å². The molecule has 2 nitrogen and oxygen atoms in total. The minimum Gasteiger partial charge on any atom is -0.311 e. The van der Waals surface area contributed by atoms with Crippen LogP contribution < -0.4 is 5.32 Å². The molecule has 0 spiro atoms. The number of hydrogen-bond acceptors (Lipinski definition) is 3. The normalized spacial score (nSPS) is 15.9. The minimum atomic E-state index is 0.899. The lowest BCUT2D eigenvalue weighted by Gasteiger charge is -2.19. The number of nitrogens with one attached hydrogen (secondary N) is 1. The van der Waals surface area contributed by atoms with Gasteiger partial charge in [-0.05, 0) is 38.4 Å². The molecule has 90 valence electrons. The Kier molecular flexibility index (Phi) is 4.38. The highest BCUT2D eigenvalue weighted by molar-refractivity contribution is 7.11. The lowest BCUT2D eigenvalue weighted by molar-refractivity contribution is 0.277. The van der Waals surface area contributed by atoms with Crippen LogP contribution in [0.3, 0.4) is 0 Å². The topological polar surface area (TPSA) is 15.3 Å². The molecule has 0 bridgehead atoms. The van der Waals surface area contributed by atoms with E-state index in [4.69, 9.17) is 0 Å². The molecule has 1 N–H and O–H groups in total. The predicted molar refractivity (Wildman–Crippen MR) is 71.0 cm³/mol. The van der Waals surface area contributed by atoms with E-state index in [0.717, 1.165) is 19.1 Å². The highest BCUT2D eigenvalue weighted by Crippen LogP contribution is 2.25. The smallest absolute Gasteiger partial charge is 0.0300 e. The summed E-state index contributed by atoms with van der Waals surface area (Å²) >= 11 is 1.89. The first-order chi connectivity index (χ1) is 7.79. The second kappa shape index (κ2) is 5.80. The van der Waals surface area contributed by atoms with Crippen molar-refractivity contribution >= 4 is 11.3 Å². The summed E-state index contributed by atoms with van der Waals surface area (Å²) in [5.41, 5.74) is 0. The van der Waals surface area contributed by atoms with Gasteiger partial charge < -0.3 is 5.32 Å². The predicted octanol–water partition coefficient (Wildman–Crippen LogP) is 2.63. The van der Waals surface area contributed by atoms with E-state index in [1.165, 1.54) is 35.7 Å². The van der Waals surface area contributed by atoms with Gasteiger partial charge in [0.05, 0.1) is 0 Å². The van der Waals surface area contributed by atoms with E-state index in [1.807, 2.05) is 11.3 Å². The van der Waals surface area contributed by atoms with Crippen LogP contribution in [0.25, 0.3) is 0 Å². The Labute approximate surface area is 103 Å². The molecule has 0 aromatic carbocycles. The number of aryl methyl sites for hydroxylation is 1. The Morgan fingerprint density at radius 2 is 2.25 bits per heavy atom. The van der Waals surface area contributed by atoms with Crippen LogP contribution in [-0.4, -0.2) is 30.6 Å². The molecule has 0 unspecified atom stereocenters. The highest BCUT2D eigenvalue weighted by atomic mass is 32.1. The van der Waals surface area contributed by atoms with Crippen molar-refractivity contribution in [3.63, 3.8) is 0 Å². The SMILES string of the molecule is CCN(CCNCc1ccc(C)s1)C1CC1. The molecule has 1 aromatic heterocycles. The van der Waals surface area contributed by atoms with Crippen LogP contribution in [0.4, 0.5) is 0 Å². The summed E-state index contributed by atoms with van der Waals surface area (Å²) in [6.07, 6.45) is 2.83. The van der Waals surface area contributed by atoms with Crippen LogP contribution in [0.1, 0.15) is 29.5 Å². The molecular weight excluding hydrogens is 216 g/mol. The highest BCUT2D eigenvalue weighted by Gasteiger charge is 2.26. The van der Waals surface area contributed by atoms with Crippen LogP contribution >= 0.6 is 11.3 Å². The molecule has 1 aliphatic carbocycles. The van der Waals surface area contributed by atoms with E-state index < -0.39 is 0 Å². The molecule has 2 rings (SSSR count). The standard InChI is InChI=1S/C13H22N2S/c1-3-15(12-5-6-12)9-8-14-10-13-7-4-11(2)16-13/h4,7,12,14H,3,5-6,8-10H2,1-2H3. The Morgan fingerprint density at radius 1 is 1.44 bits per heavy atom. The third kappa shape index (κ3) is 3.58. The van der Waals surface area contributed by atoms with E-state index in [-0.39, 0.29) is 0 Å². The summed E-state index contributed by atoms with van der Waals surface area (Å²) in [5, 5.41) is 3.53. The fourth-order valence-corrected chi connectivity index (χ4v) is 2.91. The minimum absolute atomic E-state index is 0.899. The first kappa shape index (κ1) is 12.1. The lowest BCUT2D eigenvalue weighted by Crippen LogP contribution is -2.33. The number of likely N-dealkylation sites (N-methyl/N-ethyl adjacent to an activating group) is 1. The fraction of sp³-hybridized carbons (Fsp3) is 0.692. The molecule has 1 fully saturated rings. The summed E-state index contributed by atoms with van der Waals surface area (Å²) in [5.74, 6) is 0. The number of thiophene rings is 1. The van der Waals surface area contributed by atoms with Gasteiger partial charge in [0.1, 0.15) is 0 Å². The van der Waals surface area contributed by atoms with Crippen molar-refractivity contribution < 1.29 is 0 Å². The van der Waals surface area contributed by atoms with Gasteiger partial charge in [-0.3, -0.25) is 4.90 Å². The monoisotopic (exact) mass is 238 g/mol. The van der Waals surface area contributed by atoms with E-state index in [2.05, 4.69) is 36.2 Å². The number of hydrogen-bond donors (Lipinski definition) is 1. The maximum absolute atomic E-state index is 3.53. The lowest BCUT2D eigenvalue weighted by atomic mass is 10.4. The Balaban J connectivity index is 1.60. The zero-order chi connectivity index (χ0) is 11.4. The van der Waals surface area contributed by atoms with Crippen molar-refractivity contribution in [3.8, 4) is 0 Å². The molecule has 1 aliphatic rings. The first-order valence-corrected chi connectivity index (χ1v) is 7.11. The zero-order valence-electron chi connectivity index (χ0n) is 10.3. The summed E-state index contributed by atoms with van der Waals surface area (Å²) in [6.45, 7) is 8.97. The molecule has 1 heterocycles. The van der Waals surface area contributed by atoms with E-state index >= 15 is 0 Å². The molecule has 16 heavy (non-hydrogen) atoms. The molecule has 1 saturated carbocycles. The van der Waals surface area contributed by atoms with Crippen molar-refractivity contribution in [2.75, 3.05) is 19.6 Å². The third-order valence-electron chi connectivity index (χ3n) is 3.14. The van der Waals surface area contributed by atoms with Crippen molar-refractivity contribution in [3.05, 3.63) is 21.9 Å². The number of rotatable bonds is 7. The largest absolute Gasteiger partial charge is 0.311 e. The second-order valence-corrected chi connectivity index (χ2v) is 5.92. The molecular formula is C13H22N2S. The molecule has 0 amide bonds. The average molecular weight is 238 g/mol. The quantitative estimate of drug-likeness (QED) is 0.735. The van der Waals surface area contributed by atoms with Crippen LogP contribution in [0.5, 0.6) is 0 Å². The summed E-state index contributed by atoms with van der Waals surface area (Å²) in [6, 6.07) is 5.33. The van der Waals surface area contributed by atoms with E-state index in [1.54, 1.807) is 0 Å². The summed E-state index contributed by atoms with van der Waals surface area (Å²) in [4.78, 5) is 5.45. The molecule has 3 heteroatoms. The van der Waals surface area contributed by atoms with Gasteiger partial charge in [0.25, 0.3) is 0 Å². The maximum atomic E-state index is 3.53. The van der Waals surface area contributed by atoms with Crippen molar-refractivity contribution in [1.82, 2.24) is 10.2 Å². The van der Waals surface area contributed by atoms with Crippen molar-refractivity contribution in [2.24, 2.45) is 0 Å². The molecule has 0 radical (unpaired) electrons. The van der Waals surface area contributed by atoms with Gasteiger partial charge in [0, 0.05) is 35.4 Å². The van der Waals surface area contributed by atoms with Crippen LogP contribution in [0.2, 0.25) is 0 Å². The van der Waals surface area contributed by atoms with E-state index in [0.29, 0.717) is 0 Å². The first-order valence-electron chi connectivity index (χ1n) is 6.29. The van der Waals surface area contributed by atoms with Gasteiger partial charge in [-0.2, -0.15) is 0 Å². The average Bonchev–Trinajstić information content (AvgIpc) is 3.03. The van der Waals surface area contributed by atoms with Gasteiger partial charge in [-0.1, -0.05) is 6.92 Å². The van der Waals surface area contributed by atoms with Crippen LogP contribution in [-0.2, 0) is 6.54 Å². The third-order valence-corrected chi connectivity index (χ3v) is 4.14. The Morgan fingerprint density at radius 3 is 2.81 bits per heavy atom. The van der Waals surface area contributed by atoms with Crippen LogP contribution in [0, 0.1) is 6.92 Å². The molecule has 0 atom stereocenters. The van der Waals surface area contributed by atoms with Crippen molar-refractivity contribution in [2.45, 2.75) is 39.3 Å². The van der Waals surface area contributed by atoms with Crippen LogP contribution in [0.15, 0.2) is 12.1 Å². The number of nitrogens with zero attached hydrogens (tertiary/aromatic N) is 1. The Bertz CT molecular complexity index is 317. The molecule has 0 saturated heterocycles. The summed E-state index contributed by atoms with van der Waals surface area (Å²) in [7, 11) is 0. The Hall–Kier alpha value is -0.380. The summed E-state index contributed by atoms with van der Waals surface area (Å²) < 4.78 is 0. The fourth-order valence-electron chi connectivity index (χ4n) is 2.05. The molecule has 1 aromatic rings. The van der Waals surface area contributed by atoms with Gasteiger partial charge >= 0.3 is 0 Å². The molecule has 0 aliphatic heterocycles. The van der Waals surface area contributed by atoms with E-state index in [9.17, 15) is 0 Å². The zero-order valence-corrected chi connectivity index (χ0v) is 11.1. The maximum Gasteiger partial charge on any atom is 0.0300 e. The van der Waals surface area contributed by atoms with Gasteiger partial charge in [0.15, 0.2) is 0 Å². The van der Waals surface area contributed by atoms with Gasteiger partial charge in [-0.15, -0.1) is 11.3 Å². The van der Waals surface area contributed by atoms with Crippen molar-refractivity contribution in [1.29, 1.82) is 0 Å².